The van der Waals surface area contributed by atoms with E-state index >= 15 is 0 Å². The standard InChI is InChI=1S/C16H26N2O2/c1-17-16(14-4-6-15(20-3)7-5-14)11-18-9-8-13(10-18)12-19-2/h4-7,13,16-17H,8-12H2,1-3H3. The van der Waals surface area contributed by atoms with Crippen molar-refractivity contribution in [1.82, 2.24) is 10.2 Å². The van der Waals surface area contributed by atoms with Gasteiger partial charge in [-0.3, -0.25) is 0 Å². The minimum absolute atomic E-state index is 0.363. The van der Waals surface area contributed by atoms with Crippen LogP contribution in [0.1, 0.15) is 18.0 Å². The first-order valence-electron chi connectivity index (χ1n) is 7.29. The molecular weight excluding hydrogens is 252 g/mol. The molecule has 0 spiro atoms. The van der Waals surface area contributed by atoms with E-state index in [9.17, 15) is 0 Å². The monoisotopic (exact) mass is 278 g/mol. The van der Waals surface area contributed by atoms with E-state index in [1.807, 2.05) is 19.2 Å². The second-order valence-corrected chi connectivity index (χ2v) is 5.48. The lowest BCUT2D eigenvalue weighted by Gasteiger charge is -2.24. The molecule has 2 atom stereocenters. The number of likely N-dealkylation sites (tertiary alicyclic amines) is 1. The van der Waals surface area contributed by atoms with E-state index < -0.39 is 0 Å². The first-order valence-corrected chi connectivity index (χ1v) is 7.29. The third kappa shape index (κ3) is 3.95. The predicted molar refractivity (Wildman–Crippen MR) is 81.2 cm³/mol. The Kier molecular flexibility index (Phi) is 5.83. The van der Waals surface area contributed by atoms with E-state index in [2.05, 4.69) is 22.3 Å². The lowest BCUT2D eigenvalue weighted by atomic mass is 10.1. The van der Waals surface area contributed by atoms with E-state index in [0.29, 0.717) is 12.0 Å². The molecule has 1 aromatic carbocycles. The third-order valence-electron chi connectivity index (χ3n) is 4.08. The molecule has 1 heterocycles. The average Bonchev–Trinajstić information content (AvgIpc) is 2.93. The maximum absolute atomic E-state index is 5.26. The number of likely N-dealkylation sites (N-methyl/N-ethyl adjacent to an activating group) is 1. The van der Waals surface area contributed by atoms with Crippen molar-refractivity contribution >= 4 is 0 Å². The summed E-state index contributed by atoms with van der Waals surface area (Å²) < 4.78 is 10.5. The lowest BCUT2D eigenvalue weighted by Crippen LogP contribution is -2.32. The summed E-state index contributed by atoms with van der Waals surface area (Å²) in [6, 6.07) is 8.70. The Balaban J connectivity index is 1.91. The molecule has 0 bridgehead atoms. The van der Waals surface area contributed by atoms with Gasteiger partial charge in [-0.25, -0.2) is 0 Å². The van der Waals surface area contributed by atoms with E-state index in [4.69, 9.17) is 9.47 Å². The Labute approximate surface area is 122 Å². The molecule has 1 fully saturated rings. The summed E-state index contributed by atoms with van der Waals surface area (Å²) in [7, 11) is 5.51. The van der Waals surface area contributed by atoms with Crippen molar-refractivity contribution in [1.29, 1.82) is 0 Å². The summed E-state index contributed by atoms with van der Waals surface area (Å²) in [4.78, 5) is 2.52. The van der Waals surface area contributed by atoms with Crippen LogP contribution in [0, 0.1) is 5.92 Å². The molecule has 0 aromatic heterocycles. The van der Waals surface area contributed by atoms with Crippen LogP contribution in [0.4, 0.5) is 0 Å². The quantitative estimate of drug-likeness (QED) is 0.826. The third-order valence-corrected chi connectivity index (χ3v) is 4.08. The summed E-state index contributed by atoms with van der Waals surface area (Å²) >= 11 is 0. The average molecular weight is 278 g/mol. The first-order chi connectivity index (χ1) is 9.76. The highest BCUT2D eigenvalue weighted by Gasteiger charge is 2.24. The van der Waals surface area contributed by atoms with Crippen LogP contribution < -0.4 is 10.1 Å². The van der Waals surface area contributed by atoms with Gasteiger partial charge in [-0.05, 0) is 43.6 Å². The Morgan fingerprint density at radius 3 is 2.65 bits per heavy atom. The van der Waals surface area contributed by atoms with Crippen LogP contribution in [-0.2, 0) is 4.74 Å². The topological polar surface area (TPSA) is 33.7 Å². The fraction of sp³-hybridized carbons (Fsp3) is 0.625. The summed E-state index contributed by atoms with van der Waals surface area (Å²) in [6.07, 6.45) is 1.24. The molecule has 0 saturated carbocycles. The maximum Gasteiger partial charge on any atom is 0.118 e. The number of hydrogen-bond acceptors (Lipinski definition) is 4. The zero-order valence-electron chi connectivity index (χ0n) is 12.8. The molecule has 1 aromatic rings. The molecule has 20 heavy (non-hydrogen) atoms. The van der Waals surface area contributed by atoms with Crippen LogP contribution in [0.15, 0.2) is 24.3 Å². The second kappa shape index (κ2) is 7.62. The van der Waals surface area contributed by atoms with Gasteiger partial charge in [-0.1, -0.05) is 12.1 Å². The van der Waals surface area contributed by atoms with Crippen molar-refractivity contribution in [3.05, 3.63) is 29.8 Å². The number of benzene rings is 1. The van der Waals surface area contributed by atoms with Crippen molar-refractivity contribution in [2.24, 2.45) is 5.92 Å². The fourth-order valence-corrected chi connectivity index (χ4v) is 2.91. The molecule has 4 heteroatoms. The van der Waals surface area contributed by atoms with Crippen molar-refractivity contribution < 1.29 is 9.47 Å². The molecular formula is C16H26N2O2. The molecule has 0 amide bonds. The zero-order valence-corrected chi connectivity index (χ0v) is 12.8. The van der Waals surface area contributed by atoms with Crippen LogP contribution in [0.5, 0.6) is 5.75 Å². The number of nitrogens with zero attached hydrogens (tertiary/aromatic N) is 1. The van der Waals surface area contributed by atoms with Gasteiger partial charge in [-0.2, -0.15) is 0 Å². The van der Waals surface area contributed by atoms with Crippen LogP contribution in [-0.4, -0.2) is 52.4 Å². The SMILES string of the molecule is CNC(CN1CCC(COC)C1)c1ccc(OC)cc1. The Bertz CT molecular complexity index is 394. The molecule has 2 rings (SSSR count). The van der Waals surface area contributed by atoms with Gasteiger partial charge in [0.1, 0.15) is 5.75 Å². The van der Waals surface area contributed by atoms with E-state index in [1.54, 1.807) is 14.2 Å². The van der Waals surface area contributed by atoms with Crippen molar-refractivity contribution in [2.75, 3.05) is 47.5 Å². The lowest BCUT2D eigenvalue weighted by molar-refractivity contribution is 0.152. The van der Waals surface area contributed by atoms with E-state index in [1.165, 1.54) is 18.5 Å². The molecule has 0 aliphatic carbocycles. The summed E-state index contributed by atoms with van der Waals surface area (Å²) in [5, 5.41) is 3.42. The van der Waals surface area contributed by atoms with Gasteiger partial charge in [0.25, 0.3) is 0 Å². The van der Waals surface area contributed by atoms with Gasteiger partial charge in [-0.15, -0.1) is 0 Å². The summed E-state index contributed by atoms with van der Waals surface area (Å²) in [5.41, 5.74) is 1.31. The number of nitrogens with one attached hydrogen (secondary N) is 1. The Morgan fingerprint density at radius 1 is 1.30 bits per heavy atom. The zero-order chi connectivity index (χ0) is 14.4. The van der Waals surface area contributed by atoms with Gasteiger partial charge in [0.15, 0.2) is 0 Å². The van der Waals surface area contributed by atoms with Crippen LogP contribution >= 0.6 is 0 Å². The van der Waals surface area contributed by atoms with Gasteiger partial charge >= 0.3 is 0 Å². The predicted octanol–water partition coefficient (Wildman–Crippen LogP) is 1.92. The van der Waals surface area contributed by atoms with Gasteiger partial charge in [0.2, 0.25) is 0 Å². The number of methoxy groups -OCH3 is 2. The number of ether oxygens (including phenoxy) is 2. The largest absolute Gasteiger partial charge is 0.497 e. The van der Waals surface area contributed by atoms with E-state index in [0.717, 1.165) is 25.4 Å². The van der Waals surface area contributed by atoms with Crippen LogP contribution in [0.2, 0.25) is 0 Å². The highest BCUT2D eigenvalue weighted by Crippen LogP contribution is 2.22. The minimum Gasteiger partial charge on any atom is -0.497 e. The van der Waals surface area contributed by atoms with E-state index in [-0.39, 0.29) is 0 Å². The van der Waals surface area contributed by atoms with Crippen LogP contribution in [0.3, 0.4) is 0 Å². The number of hydrogen-bond donors (Lipinski definition) is 1. The molecule has 1 N–H and O–H groups in total. The van der Waals surface area contributed by atoms with Gasteiger partial charge in [0.05, 0.1) is 13.7 Å². The minimum atomic E-state index is 0.363. The molecule has 1 saturated heterocycles. The summed E-state index contributed by atoms with van der Waals surface area (Å²) in [6.45, 7) is 4.23. The smallest absolute Gasteiger partial charge is 0.118 e. The molecule has 1 aliphatic rings. The van der Waals surface area contributed by atoms with Crippen LogP contribution in [0.25, 0.3) is 0 Å². The van der Waals surface area contributed by atoms with Gasteiger partial charge in [0, 0.05) is 26.2 Å². The Morgan fingerprint density at radius 2 is 2.05 bits per heavy atom. The number of rotatable bonds is 7. The van der Waals surface area contributed by atoms with Crippen molar-refractivity contribution in [3.63, 3.8) is 0 Å². The molecule has 1 aliphatic heterocycles. The van der Waals surface area contributed by atoms with Crippen molar-refractivity contribution in [3.8, 4) is 5.75 Å². The normalized spacial score (nSPS) is 21.1. The second-order valence-electron chi connectivity index (χ2n) is 5.48. The Hall–Kier alpha value is -1.10. The van der Waals surface area contributed by atoms with Crippen molar-refractivity contribution in [2.45, 2.75) is 12.5 Å². The molecule has 0 radical (unpaired) electrons. The summed E-state index contributed by atoms with van der Waals surface area (Å²) in [5.74, 6) is 1.60. The first kappa shape index (κ1) is 15.3. The molecule has 2 unspecified atom stereocenters. The fourth-order valence-electron chi connectivity index (χ4n) is 2.91. The maximum atomic E-state index is 5.26. The highest BCUT2D eigenvalue weighted by atomic mass is 16.5. The molecule has 112 valence electrons. The van der Waals surface area contributed by atoms with Gasteiger partial charge < -0.3 is 19.7 Å². The molecule has 4 nitrogen and oxygen atoms in total. The highest BCUT2D eigenvalue weighted by molar-refractivity contribution is 5.29.